The summed E-state index contributed by atoms with van der Waals surface area (Å²) in [6.07, 6.45) is 2.23. The molecule has 0 saturated carbocycles. The first kappa shape index (κ1) is 13.8. The van der Waals surface area contributed by atoms with E-state index < -0.39 is 0 Å². The number of fused-ring (bicyclic) bond motifs is 1. The van der Waals surface area contributed by atoms with E-state index in [0.717, 1.165) is 5.76 Å². The Hall–Kier alpha value is -2.14. The predicted octanol–water partition coefficient (Wildman–Crippen LogP) is 3.02. The lowest BCUT2D eigenvalue weighted by atomic mass is 10.1. The van der Waals surface area contributed by atoms with Gasteiger partial charge in [0.25, 0.3) is 5.91 Å². The van der Waals surface area contributed by atoms with Crippen molar-refractivity contribution in [3.8, 4) is 11.5 Å². The summed E-state index contributed by atoms with van der Waals surface area (Å²) in [6.45, 7) is 2.03. The minimum absolute atomic E-state index is 0.0622. The molecular formula is C15H14ClNO4. The van der Waals surface area contributed by atoms with E-state index in [1.54, 1.807) is 18.4 Å². The molecule has 0 saturated heterocycles. The fourth-order valence-corrected chi connectivity index (χ4v) is 2.45. The van der Waals surface area contributed by atoms with Crippen LogP contribution in [0.2, 0.25) is 5.02 Å². The fourth-order valence-electron chi connectivity index (χ4n) is 2.19. The van der Waals surface area contributed by atoms with Gasteiger partial charge in [-0.1, -0.05) is 11.6 Å². The molecule has 2 heterocycles. The number of benzene rings is 1. The van der Waals surface area contributed by atoms with Crippen molar-refractivity contribution in [1.29, 1.82) is 0 Å². The molecule has 1 atom stereocenters. The summed E-state index contributed by atoms with van der Waals surface area (Å²) in [4.78, 5) is 12.2. The zero-order valence-electron chi connectivity index (χ0n) is 11.4. The summed E-state index contributed by atoms with van der Waals surface area (Å²) in [6, 6.07) is 6.84. The maximum absolute atomic E-state index is 12.2. The standard InChI is InChI=1S/C15H14ClNO4/c1-9(5-11-3-2-4-19-11)17-15(18)10-6-12(16)14-13(7-10)20-8-21-14/h2-4,6-7,9H,5,8H2,1H3,(H,17,18)/t9-/m1/s1. The molecule has 5 nitrogen and oxygen atoms in total. The van der Waals surface area contributed by atoms with Crippen molar-refractivity contribution in [2.75, 3.05) is 6.79 Å². The normalized spacial score (nSPS) is 14.0. The third-order valence-corrected chi connectivity index (χ3v) is 3.44. The van der Waals surface area contributed by atoms with E-state index in [0.29, 0.717) is 28.5 Å². The van der Waals surface area contributed by atoms with Gasteiger partial charge < -0.3 is 19.2 Å². The largest absolute Gasteiger partial charge is 0.469 e. The van der Waals surface area contributed by atoms with Gasteiger partial charge in [0.05, 0.1) is 11.3 Å². The lowest BCUT2D eigenvalue weighted by Crippen LogP contribution is -2.34. The number of carbonyl (C=O) groups is 1. The van der Waals surface area contributed by atoms with Crippen LogP contribution in [0, 0.1) is 0 Å². The Kier molecular flexibility index (Phi) is 3.75. The van der Waals surface area contributed by atoms with Crippen molar-refractivity contribution >= 4 is 17.5 Å². The maximum atomic E-state index is 12.2. The number of rotatable bonds is 4. The van der Waals surface area contributed by atoms with Gasteiger partial charge in [0.1, 0.15) is 5.76 Å². The van der Waals surface area contributed by atoms with Crippen LogP contribution in [0.25, 0.3) is 0 Å². The molecule has 110 valence electrons. The third-order valence-electron chi connectivity index (χ3n) is 3.15. The number of amides is 1. The summed E-state index contributed by atoms with van der Waals surface area (Å²) < 4.78 is 15.7. The summed E-state index contributed by atoms with van der Waals surface area (Å²) >= 11 is 6.07. The van der Waals surface area contributed by atoms with Gasteiger partial charge in [0.15, 0.2) is 11.5 Å². The first-order valence-corrected chi connectivity index (χ1v) is 6.93. The van der Waals surface area contributed by atoms with Gasteiger partial charge in [-0.25, -0.2) is 0 Å². The fraction of sp³-hybridized carbons (Fsp3) is 0.267. The van der Waals surface area contributed by atoms with Gasteiger partial charge in [-0.3, -0.25) is 4.79 Å². The summed E-state index contributed by atoms with van der Waals surface area (Å²) in [5.74, 6) is 1.59. The molecule has 21 heavy (non-hydrogen) atoms. The van der Waals surface area contributed by atoms with Crippen LogP contribution in [0.3, 0.4) is 0 Å². The Balaban J connectivity index is 1.69. The van der Waals surface area contributed by atoms with Crippen LogP contribution in [-0.2, 0) is 6.42 Å². The van der Waals surface area contributed by atoms with Crippen molar-refractivity contribution in [3.05, 3.63) is 46.9 Å². The Morgan fingerprint density at radius 3 is 3.05 bits per heavy atom. The second kappa shape index (κ2) is 5.69. The summed E-state index contributed by atoms with van der Waals surface area (Å²) in [5, 5.41) is 3.27. The van der Waals surface area contributed by atoms with Crippen LogP contribution in [0.5, 0.6) is 11.5 Å². The molecule has 0 radical (unpaired) electrons. The van der Waals surface area contributed by atoms with Crippen molar-refractivity contribution in [2.24, 2.45) is 0 Å². The highest BCUT2D eigenvalue weighted by molar-refractivity contribution is 6.32. The highest BCUT2D eigenvalue weighted by Crippen LogP contribution is 2.39. The lowest BCUT2D eigenvalue weighted by molar-refractivity contribution is 0.0939. The third kappa shape index (κ3) is 2.97. The van der Waals surface area contributed by atoms with E-state index >= 15 is 0 Å². The smallest absolute Gasteiger partial charge is 0.251 e. The minimum atomic E-state index is -0.214. The molecule has 0 unspecified atom stereocenters. The van der Waals surface area contributed by atoms with Crippen molar-refractivity contribution < 1.29 is 18.7 Å². The van der Waals surface area contributed by atoms with Crippen LogP contribution < -0.4 is 14.8 Å². The molecule has 0 fully saturated rings. The Labute approximate surface area is 126 Å². The molecule has 1 N–H and O–H groups in total. The number of ether oxygens (including phenoxy) is 2. The van der Waals surface area contributed by atoms with Gasteiger partial charge in [0.2, 0.25) is 6.79 Å². The molecule has 2 aromatic rings. The van der Waals surface area contributed by atoms with Crippen molar-refractivity contribution in [2.45, 2.75) is 19.4 Å². The highest BCUT2D eigenvalue weighted by atomic mass is 35.5. The monoisotopic (exact) mass is 307 g/mol. The molecule has 1 aliphatic heterocycles. The number of hydrogen-bond acceptors (Lipinski definition) is 4. The summed E-state index contributed by atoms with van der Waals surface area (Å²) in [7, 11) is 0. The summed E-state index contributed by atoms with van der Waals surface area (Å²) in [5.41, 5.74) is 0.440. The van der Waals surface area contributed by atoms with E-state index in [2.05, 4.69) is 5.32 Å². The lowest BCUT2D eigenvalue weighted by Gasteiger charge is -2.13. The molecule has 1 aromatic carbocycles. The Morgan fingerprint density at radius 2 is 2.29 bits per heavy atom. The zero-order valence-corrected chi connectivity index (χ0v) is 12.1. The zero-order chi connectivity index (χ0) is 14.8. The molecule has 0 bridgehead atoms. The molecule has 1 aliphatic rings. The molecule has 3 rings (SSSR count). The first-order chi connectivity index (χ1) is 10.1. The quantitative estimate of drug-likeness (QED) is 0.943. The molecule has 6 heteroatoms. The van der Waals surface area contributed by atoms with E-state index in [1.165, 1.54) is 0 Å². The van der Waals surface area contributed by atoms with Crippen LogP contribution in [0.4, 0.5) is 0 Å². The average Bonchev–Trinajstić information content (AvgIpc) is 3.09. The number of nitrogens with one attached hydrogen (secondary N) is 1. The van der Waals surface area contributed by atoms with E-state index in [9.17, 15) is 4.79 Å². The van der Waals surface area contributed by atoms with Crippen LogP contribution in [0.1, 0.15) is 23.0 Å². The van der Waals surface area contributed by atoms with E-state index in [4.69, 9.17) is 25.5 Å². The van der Waals surface area contributed by atoms with Crippen LogP contribution in [0.15, 0.2) is 34.9 Å². The van der Waals surface area contributed by atoms with Crippen molar-refractivity contribution in [1.82, 2.24) is 5.32 Å². The van der Waals surface area contributed by atoms with Crippen LogP contribution in [-0.4, -0.2) is 18.7 Å². The number of halogens is 1. The Morgan fingerprint density at radius 1 is 1.43 bits per heavy atom. The maximum Gasteiger partial charge on any atom is 0.251 e. The van der Waals surface area contributed by atoms with Gasteiger partial charge in [0, 0.05) is 18.0 Å². The molecule has 1 amide bonds. The first-order valence-electron chi connectivity index (χ1n) is 6.56. The van der Waals surface area contributed by atoms with Gasteiger partial charge in [-0.15, -0.1) is 0 Å². The topological polar surface area (TPSA) is 60.7 Å². The predicted molar refractivity (Wildman–Crippen MR) is 76.9 cm³/mol. The van der Waals surface area contributed by atoms with Gasteiger partial charge >= 0.3 is 0 Å². The van der Waals surface area contributed by atoms with Gasteiger partial charge in [-0.05, 0) is 31.2 Å². The second-order valence-corrected chi connectivity index (χ2v) is 5.26. The average molecular weight is 308 g/mol. The number of hydrogen-bond donors (Lipinski definition) is 1. The number of furan rings is 1. The number of carbonyl (C=O) groups excluding carboxylic acids is 1. The van der Waals surface area contributed by atoms with E-state index in [1.807, 2.05) is 19.1 Å². The van der Waals surface area contributed by atoms with Crippen molar-refractivity contribution in [3.63, 3.8) is 0 Å². The molecular weight excluding hydrogens is 294 g/mol. The highest BCUT2D eigenvalue weighted by Gasteiger charge is 2.21. The van der Waals surface area contributed by atoms with E-state index in [-0.39, 0.29) is 18.7 Å². The SMILES string of the molecule is C[C@H](Cc1ccco1)NC(=O)c1cc(Cl)c2c(c1)OCO2. The second-order valence-electron chi connectivity index (χ2n) is 4.85. The van der Waals surface area contributed by atoms with Gasteiger partial charge in [-0.2, -0.15) is 0 Å². The minimum Gasteiger partial charge on any atom is -0.469 e. The van der Waals surface area contributed by atoms with Crippen LogP contribution >= 0.6 is 11.6 Å². The molecule has 1 aromatic heterocycles. The molecule has 0 spiro atoms. The molecule has 0 aliphatic carbocycles. The Bertz CT molecular complexity index is 654.